The largest absolute Gasteiger partial charge is 0.316 e. The molecule has 1 aromatic carbocycles. The van der Waals surface area contributed by atoms with Gasteiger partial charge in [-0.2, -0.15) is 8.78 Å². The molecule has 6 heteroatoms. The molecule has 1 aliphatic rings. The summed E-state index contributed by atoms with van der Waals surface area (Å²) in [7, 11) is 0. The van der Waals surface area contributed by atoms with Crippen molar-refractivity contribution < 1.29 is 8.78 Å². The number of nitrogens with zero attached hydrogens (tertiary/aromatic N) is 1. The van der Waals surface area contributed by atoms with Gasteiger partial charge in [0.05, 0.1) is 10.8 Å². The molecule has 0 amide bonds. The van der Waals surface area contributed by atoms with E-state index in [9.17, 15) is 8.78 Å². The van der Waals surface area contributed by atoms with E-state index in [2.05, 4.69) is 10.3 Å². The third kappa shape index (κ3) is 4.26. The highest BCUT2D eigenvalue weighted by Crippen LogP contribution is 2.39. The van der Waals surface area contributed by atoms with Gasteiger partial charge in [0.1, 0.15) is 5.69 Å². The number of fused-ring (bicyclic) bond motifs is 1. The van der Waals surface area contributed by atoms with Gasteiger partial charge in [0.25, 0.3) is 5.92 Å². The molecule has 0 saturated heterocycles. The van der Waals surface area contributed by atoms with E-state index in [1.54, 1.807) is 12.1 Å². The predicted octanol–water partition coefficient (Wildman–Crippen LogP) is 4.94. The zero-order valence-corrected chi connectivity index (χ0v) is 14.1. The standard InChI is InChI=1S/C17H17ClF2N2S.CH4/c18-14-5-4-12-6-9-21-10-7-13(12)16(14)23-11-17(19,20)15-3-1-2-8-22-15;/h1-5,8,21H,6-7,9-11H2;1H4. The van der Waals surface area contributed by atoms with E-state index >= 15 is 0 Å². The van der Waals surface area contributed by atoms with Gasteiger partial charge in [0.2, 0.25) is 0 Å². The number of nitrogens with one attached hydrogen (secondary N) is 1. The van der Waals surface area contributed by atoms with Gasteiger partial charge in [-0.05, 0) is 55.3 Å². The molecule has 3 rings (SSSR count). The fraction of sp³-hybridized carbons (Fsp3) is 0.389. The Morgan fingerprint density at radius 1 is 1.17 bits per heavy atom. The van der Waals surface area contributed by atoms with Gasteiger partial charge in [-0.1, -0.05) is 31.2 Å². The summed E-state index contributed by atoms with van der Waals surface area (Å²) in [4.78, 5) is 4.56. The van der Waals surface area contributed by atoms with Crippen LogP contribution in [0.5, 0.6) is 0 Å². The van der Waals surface area contributed by atoms with E-state index in [-0.39, 0.29) is 18.9 Å². The first kappa shape index (κ1) is 19.2. The van der Waals surface area contributed by atoms with Crippen molar-refractivity contribution in [1.82, 2.24) is 10.3 Å². The zero-order valence-electron chi connectivity index (χ0n) is 12.5. The normalized spacial score (nSPS) is 14.5. The first-order chi connectivity index (χ1) is 11.1. The fourth-order valence-corrected chi connectivity index (χ4v) is 4.11. The number of hydrogen-bond donors (Lipinski definition) is 1. The van der Waals surface area contributed by atoms with Crippen LogP contribution >= 0.6 is 23.4 Å². The van der Waals surface area contributed by atoms with E-state index in [0.717, 1.165) is 48.2 Å². The Morgan fingerprint density at radius 2 is 1.96 bits per heavy atom. The summed E-state index contributed by atoms with van der Waals surface area (Å²) in [6.45, 7) is 1.75. The molecular formula is C18H21ClF2N2S. The lowest BCUT2D eigenvalue weighted by molar-refractivity contribution is 0.0184. The molecule has 2 nitrogen and oxygen atoms in total. The van der Waals surface area contributed by atoms with Crippen LogP contribution in [0.15, 0.2) is 41.4 Å². The number of thioether (sulfide) groups is 1. The van der Waals surface area contributed by atoms with Gasteiger partial charge in [-0.3, -0.25) is 4.98 Å². The lowest BCUT2D eigenvalue weighted by atomic mass is 10.0. The summed E-state index contributed by atoms with van der Waals surface area (Å²) in [6, 6.07) is 8.39. The second kappa shape index (κ2) is 8.28. The minimum Gasteiger partial charge on any atom is -0.316 e. The predicted molar refractivity (Wildman–Crippen MR) is 97.3 cm³/mol. The maximum atomic E-state index is 14.3. The highest BCUT2D eigenvalue weighted by molar-refractivity contribution is 7.99. The number of hydrogen-bond acceptors (Lipinski definition) is 3. The van der Waals surface area contributed by atoms with Gasteiger partial charge in [-0.25, -0.2) is 0 Å². The number of benzene rings is 1. The van der Waals surface area contributed by atoms with Crippen molar-refractivity contribution >= 4 is 23.4 Å². The Labute approximate surface area is 151 Å². The summed E-state index contributed by atoms with van der Waals surface area (Å²) < 4.78 is 28.7. The van der Waals surface area contributed by atoms with E-state index in [1.807, 2.05) is 12.1 Å². The molecule has 130 valence electrons. The molecule has 0 fully saturated rings. The summed E-state index contributed by atoms with van der Waals surface area (Å²) >= 11 is 7.41. The Morgan fingerprint density at radius 3 is 2.71 bits per heavy atom. The lowest BCUT2D eigenvalue weighted by Crippen LogP contribution is -2.18. The third-order valence-corrected chi connectivity index (χ3v) is 5.56. The number of rotatable bonds is 4. The van der Waals surface area contributed by atoms with Crippen LogP contribution in [0, 0.1) is 0 Å². The van der Waals surface area contributed by atoms with Crippen LogP contribution < -0.4 is 5.32 Å². The van der Waals surface area contributed by atoms with Crippen LogP contribution in [0.4, 0.5) is 8.78 Å². The smallest absolute Gasteiger partial charge is 0.298 e. The Kier molecular flexibility index (Phi) is 6.61. The Balaban J connectivity index is 0.00000208. The number of aromatic nitrogens is 1. The van der Waals surface area contributed by atoms with Crippen LogP contribution in [-0.2, 0) is 18.8 Å². The van der Waals surface area contributed by atoms with E-state index in [4.69, 9.17) is 11.6 Å². The number of alkyl halides is 2. The molecule has 0 unspecified atom stereocenters. The lowest BCUT2D eigenvalue weighted by Gasteiger charge is -2.18. The van der Waals surface area contributed by atoms with Crippen molar-refractivity contribution in [3.8, 4) is 0 Å². The highest BCUT2D eigenvalue weighted by atomic mass is 35.5. The van der Waals surface area contributed by atoms with Crippen LogP contribution in [0.2, 0.25) is 5.02 Å². The summed E-state index contributed by atoms with van der Waals surface area (Å²) in [5, 5.41) is 3.88. The van der Waals surface area contributed by atoms with Gasteiger partial charge >= 0.3 is 0 Å². The number of halogens is 3. The first-order valence-corrected chi connectivity index (χ1v) is 8.87. The Hall–Kier alpha value is -1.17. The minimum absolute atomic E-state index is 0. The molecule has 0 atom stereocenters. The average Bonchev–Trinajstić information content (AvgIpc) is 2.80. The van der Waals surface area contributed by atoms with Crippen molar-refractivity contribution in [2.24, 2.45) is 0 Å². The van der Waals surface area contributed by atoms with E-state index in [1.165, 1.54) is 17.8 Å². The van der Waals surface area contributed by atoms with Gasteiger partial charge in [-0.15, -0.1) is 11.8 Å². The van der Waals surface area contributed by atoms with Gasteiger partial charge in [0.15, 0.2) is 0 Å². The van der Waals surface area contributed by atoms with Crippen molar-refractivity contribution in [3.63, 3.8) is 0 Å². The minimum atomic E-state index is -2.99. The topological polar surface area (TPSA) is 24.9 Å². The summed E-state index contributed by atoms with van der Waals surface area (Å²) in [5.74, 6) is -3.35. The van der Waals surface area contributed by atoms with Crippen LogP contribution in [0.1, 0.15) is 24.2 Å². The van der Waals surface area contributed by atoms with Crippen molar-refractivity contribution in [2.75, 3.05) is 18.8 Å². The second-order valence-corrected chi connectivity index (χ2v) is 6.87. The van der Waals surface area contributed by atoms with Crippen molar-refractivity contribution in [3.05, 3.63) is 58.4 Å². The quantitative estimate of drug-likeness (QED) is 0.771. The summed E-state index contributed by atoms with van der Waals surface area (Å²) in [5.41, 5.74) is 2.10. The molecule has 0 radical (unpaired) electrons. The molecule has 0 saturated carbocycles. The molecule has 1 aromatic heterocycles. The molecule has 1 N–H and O–H groups in total. The van der Waals surface area contributed by atoms with Crippen molar-refractivity contribution in [2.45, 2.75) is 31.1 Å². The molecule has 0 spiro atoms. The average molecular weight is 371 g/mol. The summed E-state index contributed by atoms with van der Waals surface area (Å²) in [6.07, 6.45) is 3.10. The Bertz CT molecular complexity index is 680. The van der Waals surface area contributed by atoms with E-state index < -0.39 is 5.92 Å². The fourth-order valence-electron chi connectivity index (χ4n) is 2.68. The van der Waals surface area contributed by atoms with Gasteiger partial charge < -0.3 is 5.32 Å². The number of pyridine rings is 1. The highest BCUT2D eigenvalue weighted by Gasteiger charge is 2.33. The third-order valence-electron chi connectivity index (χ3n) is 3.87. The SMILES string of the molecule is C.FC(F)(CSc1c(Cl)ccc2c1CCNCC2)c1ccccn1. The maximum Gasteiger partial charge on any atom is 0.298 e. The molecule has 0 bridgehead atoms. The molecule has 2 heterocycles. The molecular weight excluding hydrogens is 350 g/mol. The zero-order chi connectivity index (χ0) is 16.3. The van der Waals surface area contributed by atoms with E-state index in [0.29, 0.717) is 5.02 Å². The van der Waals surface area contributed by atoms with Crippen LogP contribution in [0.3, 0.4) is 0 Å². The molecule has 24 heavy (non-hydrogen) atoms. The van der Waals surface area contributed by atoms with Crippen molar-refractivity contribution in [1.29, 1.82) is 0 Å². The van der Waals surface area contributed by atoms with Crippen LogP contribution in [-0.4, -0.2) is 23.8 Å². The van der Waals surface area contributed by atoms with Gasteiger partial charge in [0, 0.05) is 11.1 Å². The first-order valence-electron chi connectivity index (χ1n) is 7.51. The molecule has 1 aliphatic heterocycles. The molecule has 2 aromatic rings. The monoisotopic (exact) mass is 370 g/mol. The maximum absolute atomic E-state index is 14.3. The second-order valence-electron chi connectivity index (χ2n) is 5.47. The van der Waals surface area contributed by atoms with Crippen LogP contribution in [0.25, 0.3) is 0 Å². The molecule has 0 aliphatic carbocycles.